The molecule has 2 amide bonds. The topological polar surface area (TPSA) is 62.3 Å². The third-order valence-corrected chi connectivity index (χ3v) is 3.44. The number of pyridine rings is 1. The Balaban J connectivity index is 1.69. The largest absolute Gasteiger partial charge is 0.301 e. The standard InChI is InChI=1S/C16H15N3O2/c20-15-9-14(18-11-12-5-4-8-17-10-12)16(21)19(15)13-6-2-1-3-7-13/h1-8,10,14,18H,9,11H2/t14-/m1/s1. The van der Waals surface area contributed by atoms with E-state index in [1.54, 1.807) is 24.5 Å². The van der Waals surface area contributed by atoms with E-state index >= 15 is 0 Å². The molecule has 0 bridgehead atoms. The molecule has 1 saturated heterocycles. The molecule has 1 aromatic heterocycles. The molecule has 2 aromatic rings. The summed E-state index contributed by atoms with van der Waals surface area (Å²) in [5, 5.41) is 3.13. The smallest absolute Gasteiger partial charge is 0.251 e. The molecule has 2 heterocycles. The fourth-order valence-electron chi connectivity index (χ4n) is 2.38. The molecule has 5 nitrogen and oxygen atoms in total. The lowest BCUT2D eigenvalue weighted by molar-refractivity contribution is -0.121. The third kappa shape index (κ3) is 2.83. The fourth-order valence-corrected chi connectivity index (χ4v) is 2.38. The minimum Gasteiger partial charge on any atom is -0.301 e. The number of hydrogen-bond donors (Lipinski definition) is 1. The Kier molecular flexibility index (Phi) is 3.75. The lowest BCUT2D eigenvalue weighted by atomic mass is 10.2. The van der Waals surface area contributed by atoms with Gasteiger partial charge in [0.15, 0.2) is 0 Å². The number of aromatic nitrogens is 1. The van der Waals surface area contributed by atoms with Gasteiger partial charge in [0.05, 0.1) is 18.2 Å². The summed E-state index contributed by atoms with van der Waals surface area (Å²) in [7, 11) is 0. The summed E-state index contributed by atoms with van der Waals surface area (Å²) in [6, 6.07) is 12.3. The van der Waals surface area contributed by atoms with Gasteiger partial charge in [0.25, 0.3) is 5.91 Å². The number of carbonyl (C=O) groups excluding carboxylic acids is 2. The minimum atomic E-state index is -0.474. The van der Waals surface area contributed by atoms with Gasteiger partial charge in [-0.15, -0.1) is 0 Å². The Labute approximate surface area is 122 Å². The highest BCUT2D eigenvalue weighted by Crippen LogP contribution is 2.22. The van der Waals surface area contributed by atoms with Crippen molar-refractivity contribution in [3.05, 3.63) is 60.4 Å². The van der Waals surface area contributed by atoms with Gasteiger partial charge in [-0.25, -0.2) is 4.90 Å². The van der Waals surface area contributed by atoms with Crippen molar-refractivity contribution < 1.29 is 9.59 Å². The second-order valence-corrected chi connectivity index (χ2v) is 4.90. The fraction of sp³-hybridized carbons (Fsp3) is 0.188. The maximum absolute atomic E-state index is 12.4. The van der Waals surface area contributed by atoms with E-state index in [0.717, 1.165) is 5.56 Å². The quantitative estimate of drug-likeness (QED) is 0.863. The van der Waals surface area contributed by atoms with E-state index in [1.165, 1.54) is 4.90 Å². The van der Waals surface area contributed by atoms with Crippen LogP contribution >= 0.6 is 0 Å². The summed E-state index contributed by atoms with van der Waals surface area (Å²) in [6.45, 7) is 0.514. The van der Waals surface area contributed by atoms with Crippen molar-refractivity contribution in [2.45, 2.75) is 19.0 Å². The van der Waals surface area contributed by atoms with Crippen molar-refractivity contribution in [1.29, 1.82) is 0 Å². The zero-order chi connectivity index (χ0) is 14.7. The van der Waals surface area contributed by atoms with Gasteiger partial charge in [-0.05, 0) is 23.8 Å². The molecular weight excluding hydrogens is 266 g/mol. The summed E-state index contributed by atoms with van der Waals surface area (Å²) >= 11 is 0. The second kappa shape index (κ2) is 5.85. The molecule has 3 rings (SSSR count). The van der Waals surface area contributed by atoms with Crippen LogP contribution in [-0.2, 0) is 16.1 Å². The number of carbonyl (C=O) groups is 2. The first-order valence-electron chi connectivity index (χ1n) is 6.80. The van der Waals surface area contributed by atoms with Crippen LogP contribution < -0.4 is 10.2 Å². The first kappa shape index (κ1) is 13.5. The number of benzene rings is 1. The highest BCUT2D eigenvalue weighted by atomic mass is 16.2. The van der Waals surface area contributed by atoms with Gasteiger partial charge in [-0.2, -0.15) is 0 Å². The van der Waals surface area contributed by atoms with Crippen LogP contribution in [0.3, 0.4) is 0 Å². The number of imide groups is 1. The monoisotopic (exact) mass is 281 g/mol. The Morgan fingerprint density at radius 1 is 1.14 bits per heavy atom. The van der Waals surface area contributed by atoms with Crippen LogP contribution in [0, 0.1) is 0 Å². The zero-order valence-electron chi connectivity index (χ0n) is 11.4. The molecule has 1 aliphatic rings. The van der Waals surface area contributed by atoms with Gasteiger partial charge in [-0.1, -0.05) is 24.3 Å². The highest BCUT2D eigenvalue weighted by Gasteiger charge is 2.39. The SMILES string of the molecule is O=C1C[C@@H](NCc2cccnc2)C(=O)N1c1ccccc1. The van der Waals surface area contributed by atoms with Gasteiger partial charge in [0.2, 0.25) is 5.91 Å². The number of para-hydroxylation sites is 1. The molecule has 0 unspecified atom stereocenters. The van der Waals surface area contributed by atoms with Gasteiger partial charge in [0.1, 0.15) is 0 Å². The van der Waals surface area contributed by atoms with E-state index < -0.39 is 6.04 Å². The van der Waals surface area contributed by atoms with Gasteiger partial charge in [-0.3, -0.25) is 14.6 Å². The zero-order valence-corrected chi connectivity index (χ0v) is 11.4. The van der Waals surface area contributed by atoms with Crippen LogP contribution in [-0.4, -0.2) is 22.8 Å². The third-order valence-electron chi connectivity index (χ3n) is 3.44. The Hall–Kier alpha value is -2.53. The number of anilines is 1. The molecule has 0 radical (unpaired) electrons. The number of nitrogens with zero attached hydrogens (tertiary/aromatic N) is 2. The normalized spacial score (nSPS) is 18.3. The van der Waals surface area contributed by atoms with Gasteiger partial charge >= 0.3 is 0 Å². The van der Waals surface area contributed by atoms with Crippen LogP contribution in [0.1, 0.15) is 12.0 Å². The van der Waals surface area contributed by atoms with Crippen molar-refractivity contribution in [2.24, 2.45) is 0 Å². The van der Waals surface area contributed by atoms with Crippen LogP contribution in [0.25, 0.3) is 0 Å². The molecule has 1 fully saturated rings. The molecular formula is C16H15N3O2. The molecule has 1 aliphatic heterocycles. The molecule has 0 aliphatic carbocycles. The van der Waals surface area contributed by atoms with Crippen LogP contribution in [0.15, 0.2) is 54.9 Å². The summed E-state index contributed by atoms with van der Waals surface area (Å²) in [6.07, 6.45) is 3.63. The van der Waals surface area contributed by atoms with E-state index in [2.05, 4.69) is 10.3 Å². The van der Waals surface area contributed by atoms with Crippen molar-refractivity contribution in [3.63, 3.8) is 0 Å². The van der Waals surface area contributed by atoms with E-state index in [0.29, 0.717) is 12.2 Å². The number of rotatable bonds is 4. The van der Waals surface area contributed by atoms with Crippen molar-refractivity contribution in [1.82, 2.24) is 10.3 Å². The van der Waals surface area contributed by atoms with Gasteiger partial charge < -0.3 is 5.32 Å². The lowest BCUT2D eigenvalue weighted by Gasteiger charge is -2.15. The maximum atomic E-state index is 12.4. The molecule has 1 aromatic carbocycles. The Bertz CT molecular complexity index is 643. The summed E-state index contributed by atoms with van der Waals surface area (Å²) < 4.78 is 0. The number of hydrogen-bond acceptors (Lipinski definition) is 4. The van der Waals surface area contributed by atoms with Crippen molar-refractivity contribution in [3.8, 4) is 0 Å². The average Bonchev–Trinajstić information content (AvgIpc) is 2.81. The predicted molar refractivity (Wildman–Crippen MR) is 78.4 cm³/mol. The van der Waals surface area contributed by atoms with Crippen LogP contribution in [0.5, 0.6) is 0 Å². The number of amides is 2. The van der Waals surface area contributed by atoms with E-state index in [-0.39, 0.29) is 18.2 Å². The predicted octanol–water partition coefficient (Wildman–Crippen LogP) is 1.50. The van der Waals surface area contributed by atoms with E-state index in [4.69, 9.17) is 0 Å². The second-order valence-electron chi connectivity index (χ2n) is 4.90. The molecule has 5 heteroatoms. The Morgan fingerprint density at radius 2 is 1.95 bits per heavy atom. The maximum Gasteiger partial charge on any atom is 0.251 e. The molecule has 106 valence electrons. The minimum absolute atomic E-state index is 0.171. The lowest BCUT2D eigenvalue weighted by Crippen LogP contribution is -2.38. The average molecular weight is 281 g/mol. The van der Waals surface area contributed by atoms with Crippen LogP contribution in [0.4, 0.5) is 5.69 Å². The van der Waals surface area contributed by atoms with Crippen molar-refractivity contribution in [2.75, 3.05) is 4.90 Å². The molecule has 21 heavy (non-hydrogen) atoms. The van der Waals surface area contributed by atoms with E-state index in [1.807, 2.05) is 30.3 Å². The molecule has 1 N–H and O–H groups in total. The Morgan fingerprint density at radius 3 is 2.67 bits per heavy atom. The summed E-state index contributed by atoms with van der Waals surface area (Å²) in [5.41, 5.74) is 1.61. The van der Waals surface area contributed by atoms with E-state index in [9.17, 15) is 9.59 Å². The highest BCUT2D eigenvalue weighted by molar-refractivity contribution is 6.22. The summed E-state index contributed by atoms with van der Waals surface area (Å²) in [4.78, 5) is 29.7. The summed E-state index contributed by atoms with van der Waals surface area (Å²) in [5.74, 6) is -0.370. The van der Waals surface area contributed by atoms with Crippen molar-refractivity contribution >= 4 is 17.5 Å². The van der Waals surface area contributed by atoms with Gasteiger partial charge in [0, 0.05) is 18.9 Å². The number of nitrogens with one attached hydrogen (secondary N) is 1. The first-order valence-corrected chi connectivity index (χ1v) is 6.80. The first-order chi connectivity index (χ1) is 10.3. The molecule has 1 atom stereocenters. The molecule has 0 spiro atoms. The van der Waals surface area contributed by atoms with Crippen LogP contribution in [0.2, 0.25) is 0 Å². The molecule has 0 saturated carbocycles.